The molecule has 0 aliphatic rings. The predicted octanol–water partition coefficient (Wildman–Crippen LogP) is 1.64. The van der Waals surface area contributed by atoms with Gasteiger partial charge in [-0.2, -0.15) is 0 Å². The van der Waals surface area contributed by atoms with E-state index in [1.165, 1.54) is 0 Å². The lowest BCUT2D eigenvalue weighted by Crippen LogP contribution is -2.15. The highest BCUT2D eigenvalue weighted by atomic mass is 16.4. The Balaban J connectivity index is 2.09. The van der Waals surface area contributed by atoms with Gasteiger partial charge in [-0.3, -0.25) is 4.79 Å². The van der Waals surface area contributed by atoms with Crippen molar-refractivity contribution in [2.24, 2.45) is 0 Å². The molecule has 1 aromatic heterocycles. The summed E-state index contributed by atoms with van der Waals surface area (Å²) in [7, 11) is 0. The topological polar surface area (TPSA) is 75.4 Å². The van der Waals surface area contributed by atoms with E-state index in [-0.39, 0.29) is 6.42 Å². The Kier molecular flexibility index (Phi) is 4.98. The molecule has 16 heavy (non-hydrogen) atoms. The van der Waals surface area contributed by atoms with Crippen LogP contribution in [0.4, 0.5) is 0 Å². The predicted molar refractivity (Wildman–Crippen MR) is 59.2 cm³/mol. The van der Waals surface area contributed by atoms with Gasteiger partial charge in [0.25, 0.3) is 0 Å². The van der Waals surface area contributed by atoms with Crippen LogP contribution >= 0.6 is 0 Å². The molecule has 0 aliphatic heterocycles. The Morgan fingerprint density at radius 3 is 2.75 bits per heavy atom. The number of nitrogens with one attached hydrogen (secondary N) is 1. The second kappa shape index (κ2) is 6.27. The molecule has 2 N–H and O–H groups in total. The first-order chi connectivity index (χ1) is 7.59. The smallest absolute Gasteiger partial charge is 0.303 e. The number of aromatic nitrogens is 1. The number of carboxylic acids is 1. The number of hydrogen-bond donors (Lipinski definition) is 2. The molecule has 0 fully saturated rings. The number of aryl methyl sites for hydroxylation is 2. The third kappa shape index (κ3) is 4.44. The molecule has 0 unspecified atom stereocenters. The minimum atomic E-state index is -0.737. The number of unbranched alkanes of at least 4 members (excludes halogenated alkanes) is 1. The number of hydrogen-bond acceptors (Lipinski definition) is 4. The molecule has 0 saturated carbocycles. The van der Waals surface area contributed by atoms with E-state index in [0.717, 1.165) is 24.4 Å². The van der Waals surface area contributed by atoms with E-state index in [9.17, 15) is 4.79 Å². The number of nitrogens with zero attached hydrogens (tertiary/aromatic N) is 1. The lowest BCUT2D eigenvalue weighted by atomic mass is 10.2. The highest BCUT2D eigenvalue weighted by Crippen LogP contribution is 2.07. The van der Waals surface area contributed by atoms with Crippen LogP contribution in [0.1, 0.15) is 36.6 Å². The molecule has 0 spiro atoms. The molecule has 90 valence electrons. The van der Waals surface area contributed by atoms with Crippen molar-refractivity contribution in [2.45, 2.75) is 39.7 Å². The zero-order chi connectivity index (χ0) is 12.0. The maximum absolute atomic E-state index is 10.2. The molecule has 0 aromatic carbocycles. The lowest BCUT2D eigenvalue weighted by Gasteiger charge is -2.00. The molecule has 0 radical (unpaired) electrons. The molecular weight excluding hydrogens is 208 g/mol. The second-order valence-electron chi connectivity index (χ2n) is 3.78. The van der Waals surface area contributed by atoms with Crippen molar-refractivity contribution in [2.75, 3.05) is 6.54 Å². The number of oxazole rings is 1. The van der Waals surface area contributed by atoms with E-state index in [1.807, 2.05) is 13.8 Å². The molecule has 0 amide bonds. The van der Waals surface area contributed by atoms with Crippen molar-refractivity contribution >= 4 is 5.97 Å². The van der Waals surface area contributed by atoms with Crippen molar-refractivity contribution in [3.05, 3.63) is 17.3 Å². The minimum absolute atomic E-state index is 0.235. The van der Waals surface area contributed by atoms with Gasteiger partial charge >= 0.3 is 5.97 Å². The van der Waals surface area contributed by atoms with E-state index < -0.39 is 5.97 Å². The van der Waals surface area contributed by atoms with E-state index in [4.69, 9.17) is 9.52 Å². The summed E-state index contributed by atoms with van der Waals surface area (Å²) in [5.41, 5.74) is 0.919. The Labute approximate surface area is 94.9 Å². The summed E-state index contributed by atoms with van der Waals surface area (Å²) in [4.78, 5) is 14.5. The molecule has 0 aliphatic carbocycles. The number of aliphatic carboxylic acids is 1. The van der Waals surface area contributed by atoms with E-state index >= 15 is 0 Å². The summed E-state index contributed by atoms with van der Waals surface area (Å²) in [5.74, 6) is 0.801. The van der Waals surface area contributed by atoms with Crippen LogP contribution < -0.4 is 5.32 Å². The monoisotopic (exact) mass is 226 g/mol. The molecular formula is C11H18N2O3. The SMILES string of the molecule is Cc1nc(CNCCCCC(=O)O)oc1C. The van der Waals surface area contributed by atoms with Crippen LogP contribution in [0.15, 0.2) is 4.42 Å². The highest BCUT2D eigenvalue weighted by Gasteiger charge is 2.04. The van der Waals surface area contributed by atoms with Gasteiger partial charge in [-0.05, 0) is 33.2 Å². The van der Waals surface area contributed by atoms with E-state index in [2.05, 4.69) is 10.3 Å². The summed E-state index contributed by atoms with van der Waals surface area (Å²) in [5, 5.41) is 11.6. The third-order valence-electron chi connectivity index (χ3n) is 2.34. The van der Waals surface area contributed by atoms with Gasteiger partial charge in [0, 0.05) is 6.42 Å². The molecule has 0 atom stereocenters. The van der Waals surface area contributed by atoms with Gasteiger partial charge in [0.2, 0.25) is 5.89 Å². The molecule has 0 saturated heterocycles. The fourth-order valence-corrected chi connectivity index (χ4v) is 1.34. The van der Waals surface area contributed by atoms with Crippen molar-refractivity contribution in [1.29, 1.82) is 0 Å². The summed E-state index contributed by atoms with van der Waals surface area (Å²) in [6.07, 6.45) is 1.79. The first-order valence-corrected chi connectivity index (χ1v) is 5.45. The molecule has 1 heterocycles. The minimum Gasteiger partial charge on any atom is -0.481 e. The van der Waals surface area contributed by atoms with Crippen molar-refractivity contribution in [3.8, 4) is 0 Å². The summed E-state index contributed by atoms with van der Waals surface area (Å²) in [6, 6.07) is 0. The maximum atomic E-state index is 10.2. The standard InChI is InChI=1S/C11H18N2O3/c1-8-9(2)16-10(13-8)7-12-6-4-3-5-11(14)15/h12H,3-7H2,1-2H3,(H,14,15). The van der Waals surface area contributed by atoms with Gasteiger partial charge in [-0.25, -0.2) is 4.98 Å². The Bertz CT molecular complexity index is 327. The number of rotatable bonds is 7. The molecule has 0 bridgehead atoms. The fourth-order valence-electron chi connectivity index (χ4n) is 1.34. The van der Waals surface area contributed by atoms with Crippen molar-refractivity contribution in [3.63, 3.8) is 0 Å². The van der Waals surface area contributed by atoms with Crippen LogP contribution in [0.5, 0.6) is 0 Å². The molecule has 5 heteroatoms. The lowest BCUT2D eigenvalue weighted by molar-refractivity contribution is -0.137. The first kappa shape index (κ1) is 12.7. The largest absolute Gasteiger partial charge is 0.481 e. The van der Waals surface area contributed by atoms with Gasteiger partial charge in [0.05, 0.1) is 12.2 Å². The normalized spacial score (nSPS) is 10.6. The van der Waals surface area contributed by atoms with Crippen LogP contribution in [0.3, 0.4) is 0 Å². The van der Waals surface area contributed by atoms with Gasteiger partial charge in [0.1, 0.15) is 5.76 Å². The fraction of sp³-hybridized carbons (Fsp3) is 0.636. The summed E-state index contributed by atoms with van der Waals surface area (Å²) < 4.78 is 5.39. The highest BCUT2D eigenvalue weighted by molar-refractivity contribution is 5.66. The van der Waals surface area contributed by atoms with E-state index in [0.29, 0.717) is 18.9 Å². The molecule has 1 aromatic rings. The zero-order valence-electron chi connectivity index (χ0n) is 9.75. The van der Waals surface area contributed by atoms with Crippen LogP contribution in [0, 0.1) is 13.8 Å². The van der Waals surface area contributed by atoms with Crippen molar-refractivity contribution < 1.29 is 14.3 Å². The average molecular weight is 226 g/mol. The summed E-state index contributed by atoms with van der Waals surface area (Å²) in [6.45, 7) is 5.18. The third-order valence-corrected chi connectivity index (χ3v) is 2.34. The van der Waals surface area contributed by atoms with Gasteiger partial charge < -0.3 is 14.8 Å². The Hall–Kier alpha value is -1.36. The zero-order valence-corrected chi connectivity index (χ0v) is 9.75. The van der Waals surface area contributed by atoms with Crippen LogP contribution in [0.2, 0.25) is 0 Å². The quantitative estimate of drug-likeness (QED) is 0.691. The van der Waals surface area contributed by atoms with Gasteiger partial charge in [0.15, 0.2) is 0 Å². The van der Waals surface area contributed by atoms with Gasteiger partial charge in [-0.1, -0.05) is 0 Å². The number of carbonyl (C=O) groups is 1. The average Bonchev–Trinajstić information content (AvgIpc) is 2.52. The van der Waals surface area contributed by atoms with Gasteiger partial charge in [-0.15, -0.1) is 0 Å². The molecule has 5 nitrogen and oxygen atoms in total. The Morgan fingerprint density at radius 2 is 2.19 bits per heavy atom. The van der Waals surface area contributed by atoms with Crippen LogP contribution in [-0.2, 0) is 11.3 Å². The second-order valence-corrected chi connectivity index (χ2v) is 3.78. The van der Waals surface area contributed by atoms with Crippen molar-refractivity contribution in [1.82, 2.24) is 10.3 Å². The molecule has 1 rings (SSSR count). The van der Waals surface area contributed by atoms with Crippen LogP contribution in [-0.4, -0.2) is 22.6 Å². The van der Waals surface area contributed by atoms with E-state index in [1.54, 1.807) is 0 Å². The van der Waals surface area contributed by atoms with Crippen LogP contribution in [0.25, 0.3) is 0 Å². The first-order valence-electron chi connectivity index (χ1n) is 5.45. The summed E-state index contributed by atoms with van der Waals surface area (Å²) >= 11 is 0. The maximum Gasteiger partial charge on any atom is 0.303 e. The number of carboxylic acid groups (broad SMARTS) is 1. The Morgan fingerprint density at radius 1 is 1.44 bits per heavy atom.